The second-order valence-corrected chi connectivity index (χ2v) is 11.4. The largest absolute Gasteiger partial charge is 0.405 e. The van der Waals surface area contributed by atoms with E-state index in [4.69, 9.17) is 0 Å². The van der Waals surface area contributed by atoms with E-state index in [2.05, 4.69) is 9.97 Å². The van der Waals surface area contributed by atoms with Crippen molar-refractivity contribution in [2.45, 2.75) is 49.5 Å². The number of nitrogens with one attached hydrogen (secondary N) is 1. The Balaban J connectivity index is 1.53. The lowest BCUT2D eigenvalue weighted by molar-refractivity contribution is -0.141. The molecule has 39 heavy (non-hydrogen) atoms. The molecular weight excluding hydrogens is 537 g/mol. The summed E-state index contributed by atoms with van der Waals surface area (Å²) in [5.41, 5.74) is 1.24. The fraction of sp³-hybridized carbons (Fsp3) is 0.400. The molecule has 0 radical (unpaired) electrons. The van der Waals surface area contributed by atoms with E-state index < -0.39 is 40.8 Å². The number of aliphatic hydroxyl groups is 1. The molecule has 208 valence electrons. The molecule has 1 unspecified atom stereocenters. The van der Waals surface area contributed by atoms with Crippen LogP contribution in [0.25, 0.3) is 22.1 Å². The van der Waals surface area contributed by atoms with Gasteiger partial charge in [0.2, 0.25) is 5.91 Å². The first-order valence-corrected chi connectivity index (χ1v) is 13.8. The Bertz CT molecular complexity index is 1630. The van der Waals surface area contributed by atoms with Crippen LogP contribution in [0.15, 0.2) is 53.7 Å². The third-order valence-electron chi connectivity index (χ3n) is 6.98. The van der Waals surface area contributed by atoms with Gasteiger partial charge in [-0.2, -0.15) is 13.2 Å². The number of benzene rings is 1. The lowest BCUT2D eigenvalue weighted by atomic mass is 10.2. The van der Waals surface area contributed by atoms with Crippen molar-refractivity contribution in [2.24, 2.45) is 0 Å². The van der Waals surface area contributed by atoms with Crippen molar-refractivity contribution < 1.29 is 31.5 Å². The van der Waals surface area contributed by atoms with Gasteiger partial charge in [0.15, 0.2) is 5.65 Å². The molecule has 1 aliphatic heterocycles. The van der Waals surface area contributed by atoms with Crippen molar-refractivity contribution in [1.82, 2.24) is 28.7 Å². The number of nitrogens with zero attached hydrogens (tertiary/aromatic N) is 5. The highest BCUT2D eigenvalue weighted by Gasteiger charge is 2.35. The number of rotatable bonds is 7. The zero-order valence-corrected chi connectivity index (χ0v) is 21.9. The van der Waals surface area contributed by atoms with E-state index in [0.29, 0.717) is 41.8 Å². The quantitative estimate of drug-likeness (QED) is 0.354. The molecule has 5 rings (SSSR count). The molecule has 3 aromatic heterocycles. The maximum absolute atomic E-state index is 13.3. The van der Waals surface area contributed by atoms with Crippen molar-refractivity contribution in [2.75, 3.05) is 19.6 Å². The van der Waals surface area contributed by atoms with E-state index in [1.54, 1.807) is 43.0 Å². The van der Waals surface area contributed by atoms with Crippen LogP contribution in [0.3, 0.4) is 0 Å². The number of carbonyl (C=O) groups is 1. The predicted octanol–water partition coefficient (Wildman–Crippen LogP) is 2.99. The average molecular weight is 565 g/mol. The molecule has 1 fully saturated rings. The number of fused-ring (bicyclic) bond motifs is 3. The van der Waals surface area contributed by atoms with E-state index in [9.17, 15) is 31.5 Å². The zero-order chi connectivity index (χ0) is 28.1. The second-order valence-electron chi connectivity index (χ2n) is 9.62. The fourth-order valence-electron chi connectivity index (χ4n) is 5.06. The van der Waals surface area contributed by atoms with Gasteiger partial charge in [0, 0.05) is 30.7 Å². The summed E-state index contributed by atoms with van der Waals surface area (Å²) in [5.74, 6) is -0.381. The molecule has 0 saturated carbocycles. The Morgan fingerprint density at radius 1 is 1.21 bits per heavy atom. The topological polar surface area (TPSA) is 122 Å². The Morgan fingerprint density at radius 3 is 2.59 bits per heavy atom. The summed E-state index contributed by atoms with van der Waals surface area (Å²) < 4.78 is 67.3. The number of hydrogen-bond donors (Lipinski definition) is 2. The summed E-state index contributed by atoms with van der Waals surface area (Å²) in [6, 6.07) is 8.52. The standard InChI is InChI=1S/C25H27F3N6O4S/c1-15(24(36)30-14-25(26,27)28)32-10-8-17(13-32)34-21-19-9-11-33(39(37,38)18-6-4-3-5-7-18)23(19)29-12-20(21)31-22(34)16(2)35/h3-7,9,11-12,15-17,35H,8,10,13-14H2,1-2H3,(H,30,36)/t15?,16-,17+/m1/s1. The van der Waals surface area contributed by atoms with Gasteiger partial charge in [0.25, 0.3) is 10.0 Å². The molecule has 0 spiro atoms. The van der Waals surface area contributed by atoms with Gasteiger partial charge in [-0.3, -0.25) is 9.69 Å². The van der Waals surface area contributed by atoms with Crippen LogP contribution in [-0.2, 0) is 14.8 Å². The normalized spacial score (nSPS) is 18.6. The van der Waals surface area contributed by atoms with Crippen LogP contribution in [0.5, 0.6) is 0 Å². The van der Waals surface area contributed by atoms with Crippen LogP contribution >= 0.6 is 0 Å². The SMILES string of the molecule is CC(C(=O)NCC(F)(F)F)N1CC[C@H](n2c([C@@H](C)O)nc3cnc4c(ccn4S(=O)(=O)c4ccccc4)c32)C1. The summed E-state index contributed by atoms with van der Waals surface area (Å²) in [6.45, 7) is 2.46. The van der Waals surface area contributed by atoms with E-state index in [1.807, 2.05) is 9.88 Å². The third kappa shape index (κ3) is 4.99. The first-order chi connectivity index (χ1) is 18.4. The minimum Gasteiger partial charge on any atom is -0.385 e. The van der Waals surface area contributed by atoms with E-state index in [-0.39, 0.29) is 16.6 Å². The highest BCUT2D eigenvalue weighted by Crippen LogP contribution is 2.35. The first-order valence-electron chi connectivity index (χ1n) is 12.3. The Kier molecular flexibility index (Phi) is 6.89. The Labute approximate surface area is 222 Å². The number of alkyl halides is 3. The molecule has 4 heterocycles. The van der Waals surface area contributed by atoms with Crippen LogP contribution in [0.2, 0.25) is 0 Å². The van der Waals surface area contributed by atoms with Gasteiger partial charge in [-0.05, 0) is 38.5 Å². The van der Waals surface area contributed by atoms with Crippen LogP contribution in [0, 0.1) is 0 Å². The molecule has 1 saturated heterocycles. The van der Waals surface area contributed by atoms with Crippen molar-refractivity contribution in [3.05, 3.63) is 54.6 Å². The number of aliphatic hydroxyl groups excluding tert-OH is 1. The highest BCUT2D eigenvalue weighted by atomic mass is 32.2. The molecule has 1 aromatic carbocycles. The fourth-order valence-corrected chi connectivity index (χ4v) is 6.38. The predicted molar refractivity (Wildman–Crippen MR) is 136 cm³/mol. The van der Waals surface area contributed by atoms with Gasteiger partial charge in [-0.1, -0.05) is 18.2 Å². The van der Waals surface area contributed by atoms with Crippen LogP contribution in [-0.4, -0.2) is 74.7 Å². The Hall–Kier alpha value is -3.49. The summed E-state index contributed by atoms with van der Waals surface area (Å²) in [5, 5.41) is 13.0. The number of amides is 1. The molecule has 3 atom stereocenters. The molecule has 1 aliphatic rings. The van der Waals surface area contributed by atoms with E-state index in [0.717, 1.165) is 3.97 Å². The van der Waals surface area contributed by atoms with Crippen molar-refractivity contribution in [3.63, 3.8) is 0 Å². The number of halogens is 3. The summed E-state index contributed by atoms with van der Waals surface area (Å²) >= 11 is 0. The molecule has 0 aliphatic carbocycles. The summed E-state index contributed by atoms with van der Waals surface area (Å²) in [6.07, 6.45) is -2.06. The lowest BCUT2D eigenvalue weighted by Gasteiger charge is -2.24. The number of imidazole rings is 1. The van der Waals surface area contributed by atoms with Crippen LogP contribution < -0.4 is 5.32 Å². The van der Waals surface area contributed by atoms with Gasteiger partial charge in [-0.15, -0.1) is 0 Å². The maximum atomic E-state index is 13.3. The number of carbonyl (C=O) groups excluding carboxylic acids is 1. The van der Waals surface area contributed by atoms with E-state index in [1.165, 1.54) is 24.5 Å². The maximum Gasteiger partial charge on any atom is 0.405 e. The highest BCUT2D eigenvalue weighted by molar-refractivity contribution is 7.90. The third-order valence-corrected chi connectivity index (χ3v) is 8.66. The molecule has 0 bridgehead atoms. The molecular formula is C25H27F3N6O4S. The smallest absolute Gasteiger partial charge is 0.385 e. The first kappa shape index (κ1) is 27.1. The van der Waals surface area contributed by atoms with Crippen molar-refractivity contribution in [1.29, 1.82) is 0 Å². The molecule has 4 aromatic rings. The van der Waals surface area contributed by atoms with Gasteiger partial charge < -0.3 is 15.0 Å². The van der Waals surface area contributed by atoms with Gasteiger partial charge in [-0.25, -0.2) is 22.4 Å². The van der Waals surface area contributed by atoms with Crippen molar-refractivity contribution in [3.8, 4) is 0 Å². The van der Waals surface area contributed by atoms with Gasteiger partial charge in [0.1, 0.15) is 24.0 Å². The Morgan fingerprint density at radius 2 is 1.92 bits per heavy atom. The minimum atomic E-state index is -4.51. The molecule has 14 heteroatoms. The van der Waals surface area contributed by atoms with Crippen LogP contribution in [0.4, 0.5) is 13.2 Å². The van der Waals surface area contributed by atoms with Crippen molar-refractivity contribution >= 4 is 38.0 Å². The molecule has 1 amide bonds. The minimum absolute atomic E-state index is 0.104. The second kappa shape index (κ2) is 9.92. The van der Waals surface area contributed by atoms with Gasteiger partial charge in [0.05, 0.1) is 22.7 Å². The van der Waals surface area contributed by atoms with Crippen LogP contribution in [0.1, 0.15) is 38.2 Å². The van der Waals surface area contributed by atoms with Gasteiger partial charge >= 0.3 is 6.18 Å². The number of pyridine rings is 1. The van der Waals surface area contributed by atoms with E-state index >= 15 is 0 Å². The lowest BCUT2D eigenvalue weighted by Crippen LogP contribution is -2.46. The zero-order valence-electron chi connectivity index (χ0n) is 21.1. The number of aromatic nitrogens is 4. The average Bonchev–Trinajstić information content (AvgIpc) is 3.63. The molecule has 2 N–H and O–H groups in total. The summed E-state index contributed by atoms with van der Waals surface area (Å²) in [7, 11) is -3.94. The molecule has 10 nitrogen and oxygen atoms in total. The monoisotopic (exact) mass is 564 g/mol. The number of hydrogen-bond acceptors (Lipinski definition) is 7. The number of likely N-dealkylation sites (tertiary alicyclic amines) is 1. The summed E-state index contributed by atoms with van der Waals surface area (Å²) in [4.78, 5) is 23.2.